The number of nitrogens with one attached hydrogen (secondary N) is 2. The highest BCUT2D eigenvalue weighted by atomic mass is 19.1. The Labute approximate surface area is 119 Å². The topological polar surface area (TPSA) is 40.7 Å². The number of hydrogen-bond donors (Lipinski definition) is 2. The zero-order valence-electron chi connectivity index (χ0n) is 11.8. The first-order valence-corrected chi connectivity index (χ1v) is 7.69. The van der Waals surface area contributed by atoms with Crippen LogP contribution < -0.4 is 5.32 Å². The second-order valence-corrected chi connectivity index (χ2v) is 5.74. The number of hydrogen-bond acceptors (Lipinski definition) is 2. The quantitative estimate of drug-likeness (QED) is 0.891. The highest BCUT2D eigenvalue weighted by molar-refractivity contribution is 5.75. The number of aromatic nitrogens is 2. The van der Waals surface area contributed by atoms with Crippen molar-refractivity contribution in [3.8, 4) is 0 Å². The van der Waals surface area contributed by atoms with Gasteiger partial charge in [0.25, 0.3) is 0 Å². The van der Waals surface area contributed by atoms with Crippen molar-refractivity contribution in [1.82, 2.24) is 15.3 Å². The van der Waals surface area contributed by atoms with Crippen molar-refractivity contribution in [3.63, 3.8) is 0 Å². The van der Waals surface area contributed by atoms with Crippen molar-refractivity contribution in [2.24, 2.45) is 0 Å². The fourth-order valence-electron chi connectivity index (χ4n) is 3.03. The highest BCUT2D eigenvalue weighted by Gasteiger charge is 2.12. The van der Waals surface area contributed by atoms with Crippen molar-refractivity contribution in [1.29, 1.82) is 0 Å². The predicted molar refractivity (Wildman–Crippen MR) is 79.0 cm³/mol. The second kappa shape index (κ2) is 6.35. The average Bonchev–Trinajstić information content (AvgIpc) is 2.82. The summed E-state index contributed by atoms with van der Waals surface area (Å²) >= 11 is 0. The van der Waals surface area contributed by atoms with Gasteiger partial charge >= 0.3 is 0 Å². The van der Waals surface area contributed by atoms with Crippen LogP contribution in [-0.4, -0.2) is 16.0 Å². The Morgan fingerprint density at radius 1 is 1.15 bits per heavy atom. The largest absolute Gasteiger partial charge is 0.341 e. The van der Waals surface area contributed by atoms with Gasteiger partial charge in [0.1, 0.15) is 11.3 Å². The monoisotopic (exact) mass is 275 g/mol. The third-order valence-corrected chi connectivity index (χ3v) is 4.18. The molecule has 0 atom stereocenters. The summed E-state index contributed by atoms with van der Waals surface area (Å²) in [6.07, 6.45) is 9.21. The molecule has 20 heavy (non-hydrogen) atoms. The maximum Gasteiger partial charge on any atom is 0.151 e. The van der Waals surface area contributed by atoms with Crippen molar-refractivity contribution >= 4 is 11.0 Å². The number of nitrogens with zero attached hydrogens (tertiary/aromatic N) is 1. The molecule has 1 aromatic heterocycles. The molecule has 0 spiro atoms. The van der Waals surface area contributed by atoms with E-state index < -0.39 is 0 Å². The van der Waals surface area contributed by atoms with Crippen LogP contribution in [-0.2, 0) is 6.54 Å². The molecule has 2 aromatic rings. The number of benzene rings is 1. The molecule has 0 amide bonds. The standard InChI is InChI=1S/C16H22FN3/c17-13-9-6-10-14-16(13)20-15(19-14)11-18-12-7-4-2-1-3-5-8-12/h6,9-10,12,18H,1-5,7-8,11H2,(H,19,20). The molecule has 3 nitrogen and oxygen atoms in total. The van der Waals surface area contributed by atoms with E-state index in [-0.39, 0.29) is 5.82 Å². The van der Waals surface area contributed by atoms with Gasteiger partial charge in [-0.05, 0) is 25.0 Å². The van der Waals surface area contributed by atoms with Gasteiger partial charge in [0.15, 0.2) is 5.82 Å². The number of aromatic amines is 1. The number of H-pyrrole nitrogens is 1. The first kappa shape index (κ1) is 13.6. The van der Waals surface area contributed by atoms with Crippen LogP contribution in [0.4, 0.5) is 4.39 Å². The number of fused-ring (bicyclic) bond motifs is 1. The minimum Gasteiger partial charge on any atom is -0.341 e. The highest BCUT2D eigenvalue weighted by Crippen LogP contribution is 2.18. The zero-order valence-corrected chi connectivity index (χ0v) is 11.8. The Morgan fingerprint density at radius 2 is 1.90 bits per heavy atom. The van der Waals surface area contributed by atoms with Crippen molar-refractivity contribution in [2.75, 3.05) is 0 Å². The summed E-state index contributed by atoms with van der Waals surface area (Å²) in [5, 5.41) is 3.57. The lowest BCUT2D eigenvalue weighted by Gasteiger charge is -2.20. The maximum absolute atomic E-state index is 13.6. The summed E-state index contributed by atoms with van der Waals surface area (Å²) in [5.74, 6) is 0.572. The second-order valence-electron chi connectivity index (χ2n) is 5.74. The van der Waals surface area contributed by atoms with E-state index in [1.165, 1.54) is 51.0 Å². The number of para-hydroxylation sites is 1. The molecule has 0 aliphatic heterocycles. The average molecular weight is 275 g/mol. The third kappa shape index (κ3) is 3.18. The number of halogens is 1. The fraction of sp³-hybridized carbons (Fsp3) is 0.562. The molecule has 1 aliphatic carbocycles. The van der Waals surface area contributed by atoms with Gasteiger partial charge in [0.2, 0.25) is 0 Å². The van der Waals surface area contributed by atoms with Gasteiger partial charge in [0.05, 0.1) is 12.1 Å². The first-order chi connectivity index (χ1) is 9.83. The lowest BCUT2D eigenvalue weighted by atomic mass is 9.97. The Hall–Kier alpha value is -1.42. The molecule has 4 heteroatoms. The van der Waals surface area contributed by atoms with E-state index in [9.17, 15) is 4.39 Å². The van der Waals surface area contributed by atoms with E-state index in [0.29, 0.717) is 18.1 Å². The summed E-state index contributed by atoms with van der Waals surface area (Å²) in [6, 6.07) is 5.61. The number of rotatable bonds is 3. The molecule has 1 fully saturated rings. The zero-order chi connectivity index (χ0) is 13.8. The van der Waals surface area contributed by atoms with Gasteiger partial charge in [-0.2, -0.15) is 0 Å². The van der Waals surface area contributed by atoms with E-state index in [0.717, 1.165) is 11.3 Å². The summed E-state index contributed by atoms with van der Waals surface area (Å²) in [6.45, 7) is 0.693. The lowest BCUT2D eigenvalue weighted by Crippen LogP contribution is -2.29. The van der Waals surface area contributed by atoms with Crippen LogP contribution in [0, 0.1) is 5.82 Å². The normalized spacial score (nSPS) is 18.1. The molecular formula is C16H22FN3. The Bertz CT molecular complexity index is 556. The minimum absolute atomic E-state index is 0.254. The third-order valence-electron chi connectivity index (χ3n) is 4.18. The molecule has 1 heterocycles. The van der Waals surface area contributed by atoms with Crippen LogP contribution in [0.25, 0.3) is 11.0 Å². The smallest absolute Gasteiger partial charge is 0.151 e. The predicted octanol–water partition coefficient (Wildman–Crippen LogP) is 3.90. The van der Waals surface area contributed by atoms with Crippen LogP contribution in [0.5, 0.6) is 0 Å². The minimum atomic E-state index is -0.254. The van der Waals surface area contributed by atoms with Crippen LogP contribution in [0.3, 0.4) is 0 Å². The summed E-state index contributed by atoms with van der Waals surface area (Å²) in [7, 11) is 0. The van der Waals surface area contributed by atoms with Crippen LogP contribution in [0.1, 0.15) is 50.8 Å². The van der Waals surface area contributed by atoms with E-state index >= 15 is 0 Å². The Kier molecular flexibility index (Phi) is 4.31. The maximum atomic E-state index is 13.6. The van der Waals surface area contributed by atoms with Gasteiger partial charge in [-0.25, -0.2) is 9.37 Å². The summed E-state index contributed by atoms with van der Waals surface area (Å²) in [4.78, 5) is 7.54. The van der Waals surface area contributed by atoms with E-state index in [1.807, 2.05) is 6.07 Å². The van der Waals surface area contributed by atoms with Gasteiger partial charge in [-0.15, -0.1) is 0 Å². The SMILES string of the molecule is Fc1cccc2[nH]c(CNC3CCCCCCC3)nc12. The van der Waals surface area contributed by atoms with Gasteiger partial charge in [-0.3, -0.25) is 0 Å². The molecule has 108 valence electrons. The van der Waals surface area contributed by atoms with Crippen LogP contribution in [0.15, 0.2) is 18.2 Å². The first-order valence-electron chi connectivity index (χ1n) is 7.69. The lowest BCUT2D eigenvalue weighted by molar-refractivity contribution is 0.386. The van der Waals surface area contributed by atoms with Crippen molar-refractivity contribution < 1.29 is 4.39 Å². The Morgan fingerprint density at radius 3 is 2.65 bits per heavy atom. The van der Waals surface area contributed by atoms with Gasteiger partial charge in [-0.1, -0.05) is 38.2 Å². The van der Waals surface area contributed by atoms with Gasteiger partial charge in [0, 0.05) is 6.04 Å². The van der Waals surface area contributed by atoms with Crippen LogP contribution in [0.2, 0.25) is 0 Å². The van der Waals surface area contributed by atoms with E-state index in [1.54, 1.807) is 6.07 Å². The molecule has 1 aliphatic rings. The fourth-order valence-corrected chi connectivity index (χ4v) is 3.03. The molecule has 0 radical (unpaired) electrons. The Balaban J connectivity index is 1.62. The molecule has 0 saturated heterocycles. The van der Waals surface area contributed by atoms with E-state index in [4.69, 9.17) is 0 Å². The molecule has 1 aromatic carbocycles. The molecular weight excluding hydrogens is 253 g/mol. The van der Waals surface area contributed by atoms with Crippen LogP contribution >= 0.6 is 0 Å². The van der Waals surface area contributed by atoms with Crippen molar-refractivity contribution in [3.05, 3.63) is 29.8 Å². The molecule has 0 bridgehead atoms. The van der Waals surface area contributed by atoms with E-state index in [2.05, 4.69) is 15.3 Å². The molecule has 0 unspecified atom stereocenters. The summed E-state index contributed by atoms with van der Waals surface area (Å²) < 4.78 is 13.6. The van der Waals surface area contributed by atoms with Crippen molar-refractivity contribution in [2.45, 2.75) is 57.5 Å². The number of imidazole rings is 1. The summed E-state index contributed by atoms with van der Waals surface area (Å²) in [5.41, 5.74) is 1.22. The molecule has 3 rings (SSSR count). The van der Waals surface area contributed by atoms with Gasteiger partial charge < -0.3 is 10.3 Å². The molecule has 1 saturated carbocycles. The molecule has 2 N–H and O–H groups in total.